The van der Waals surface area contributed by atoms with Crippen LogP contribution in [-0.4, -0.2) is 47.6 Å². The number of hydrogen-bond donors (Lipinski definition) is 2. The van der Waals surface area contributed by atoms with Crippen LogP contribution in [-0.2, 0) is 13.1 Å². The first-order valence-corrected chi connectivity index (χ1v) is 11.7. The summed E-state index contributed by atoms with van der Waals surface area (Å²) >= 11 is 0. The highest BCUT2D eigenvalue weighted by Gasteiger charge is 2.19. The van der Waals surface area contributed by atoms with Crippen molar-refractivity contribution in [1.29, 1.82) is 0 Å². The number of nitrogens with zero attached hydrogens (tertiary/aromatic N) is 3. The van der Waals surface area contributed by atoms with E-state index >= 15 is 0 Å². The average molecular weight is 424 g/mol. The molecule has 2 heterocycles. The molecule has 1 unspecified atom stereocenters. The number of guanidine groups is 1. The monoisotopic (exact) mass is 423 g/mol. The maximum Gasteiger partial charge on any atom is 0.250 e. The lowest BCUT2D eigenvalue weighted by Crippen LogP contribution is -2.45. The van der Waals surface area contributed by atoms with Crippen LogP contribution in [0.15, 0.2) is 58.4 Å². The standard InChI is InChI=1S/C25H37N5O/c1-3-23-9-5-7-16-29(23)18-15-27-25(26-4-2)28-19-21-11-13-22(14-12-21)20-30-17-8-6-10-24(30)31/h6,8,10-14,17,23H,3-5,7,9,15-16,18-20H2,1-2H3,(H2,26,27,28). The minimum atomic E-state index is 0.0207. The summed E-state index contributed by atoms with van der Waals surface area (Å²) in [6.07, 6.45) is 7.08. The van der Waals surface area contributed by atoms with E-state index in [1.165, 1.54) is 32.2 Å². The second-order valence-corrected chi connectivity index (χ2v) is 8.20. The van der Waals surface area contributed by atoms with E-state index in [0.717, 1.165) is 42.8 Å². The zero-order chi connectivity index (χ0) is 21.9. The molecule has 0 aliphatic carbocycles. The average Bonchev–Trinajstić information content (AvgIpc) is 2.80. The SMILES string of the molecule is CCNC(=NCc1ccc(Cn2ccccc2=O)cc1)NCCN1CCCCC1CC. The number of aliphatic imine (C=N–C) groups is 1. The van der Waals surface area contributed by atoms with Crippen LogP contribution in [0.4, 0.5) is 0 Å². The maximum absolute atomic E-state index is 11.9. The van der Waals surface area contributed by atoms with Crippen LogP contribution in [0.2, 0.25) is 0 Å². The topological polar surface area (TPSA) is 61.7 Å². The molecule has 2 N–H and O–H groups in total. The fraction of sp³-hybridized carbons (Fsp3) is 0.520. The predicted octanol–water partition coefficient (Wildman–Crippen LogP) is 3.22. The van der Waals surface area contributed by atoms with Gasteiger partial charge >= 0.3 is 0 Å². The van der Waals surface area contributed by atoms with Crippen molar-refractivity contribution in [3.8, 4) is 0 Å². The smallest absolute Gasteiger partial charge is 0.250 e. The van der Waals surface area contributed by atoms with Crippen LogP contribution in [0.3, 0.4) is 0 Å². The van der Waals surface area contributed by atoms with Crippen molar-refractivity contribution >= 4 is 5.96 Å². The van der Waals surface area contributed by atoms with Crippen LogP contribution < -0.4 is 16.2 Å². The Morgan fingerprint density at radius 3 is 2.61 bits per heavy atom. The number of nitrogens with one attached hydrogen (secondary N) is 2. The summed E-state index contributed by atoms with van der Waals surface area (Å²) in [7, 11) is 0. The molecule has 1 aliphatic heterocycles. The van der Waals surface area contributed by atoms with Gasteiger partial charge in [0, 0.05) is 37.9 Å². The van der Waals surface area contributed by atoms with Crippen molar-refractivity contribution in [3.63, 3.8) is 0 Å². The summed E-state index contributed by atoms with van der Waals surface area (Å²) in [5.74, 6) is 0.868. The van der Waals surface area contributed by atoms with Crippen molar-refractivity contribution in [1.82, 2.24) is 20.1 Å². The highest BCUT2D eigenvalue weighted by Crippen LogP contribution is 2.18. The molecule has 2 aromatic rings. The molecule has 6 nitrogen and oxygen atoms in total. The molecule has 168 valence electrons. The summed E-state index contributed by atoms with van der Waals surface area (Å²) in [6, 6.07) is 14.3. The number of benzene rings is 1. The van der Waals surface area contributed by atoms with Gasteiger partial charge in [-0.2, -0.15) is 0 Å². The van der Waals surface area contributed by atoms with E-state index in [9.17, 15) is 4.79 Å². The van der Waals surface area contributed by atoms with E-state index in [4.69, 9.17) is 4.99 Å². The Hall–Kier alpha value is -2.60. The molecular formula is C25H37N5O. The van der Waals surface area contributed by atoms with Crippen LogP contribution in [0.5, 0.6) is 0 Å². The van der Waals surface area contributed by atoms with E-state index in [1.54, 1.807) is 16.7 Å². The van der Waals surface area contributed by atoms with Crippen LogP contribution in [0, 0.1) is 0 Å². The number of pyridine rings is 1. The molecular weight excluding hydrogens is 386 g/mol. The molecule has 0 radical (unpaired) electrons. The summed E-state index contributed by atoms with van der Waals surface area (Å²) < 4.78 is 1.71. The third kappa shape index (κ3) is 7.24. The van der Waals surface area contributed by atoms with Gasteiger partial charge in [-0.05, 0) is 49.9 Å². The van der Waals surface area contributed by atoms with Crippen molar-refractivity contribution in [3.05, 3.63) is 70.1 Å². The molecule has 31 heavy (non-hydrogen) atoms. The molecule has 0 saturated carbocycles. The minimum Gasteiger partial charge on any atom is -0.357 e. The molecule has 0 bridgehead atoms. The first-order chi connectivity index (χ1) is 15.2. The molecule has 6 heteroatoms. The molecule has 3 rings (SSSR count). The third-order valence-corrected chi connectivity index (χ3v) is 5.95. The van der Waals surface area contributed by atoms with Gasteiger partial charge in [-0.25, -0.2) is 4.99 Å². The van der Waals surface area contributed by atoms with Gasteiger partial charge in [-0.15, -0.1) is 0 Å². The van der Waals surface area contributed by atoms with E-state index in [2.05, 4.69) is 53.6 Å². The Morgan fingerprint density at radius 2 is 1.87 bits per heavy atom. The maximum atomic E-state index is 11.9. The normalized spacial score (nSPS) is 17.5. The van der Waals surface area contributed by atoms with Gasteiger partial charge in [0.05, 0.1) is 13.1 Å². The number of aromatic nitrogens is 1. The molecule has 1 fully saturated rings. The van der Waals surface area contributed by atoms with Gasteiger partial charge in [-0.1, -0.05) is 43.7 Å². The second-order valence-electron chi connectivity index (χ2n) is 8.20. The fourth-order valence-corrected chi connectivity index (χ4v) is 4.18. The van der Waals surface area contributed by atoms with Crippen molar-refractivity contribution in [2.75, 3.05) is 26.2 Å². The zero-order valence-corrected chi connectivity index (χ0v) is 19.0. The molecule has 0 amide bonds. The summed E-state index contributed by atoms with van der Waals surface area (Å²) in [4.78, 5) is 19.3. The molecule has 1 atom stereocenters. The summed E-state index contributed by atoms with van der Waals surface area (Å²) in [6.45, 7) is 9.64. The highest BCUT2D eigenvalue weighted by atomic mass is 16.1. The Balaban J connectivity index is 1.51. The lowest BCUT2D eigenvalue weighted by atomic mass is 10.0. The fourth-order valence-electron chi connectivity index (χ4n) is 4.18. The first-order valence-electron chi connectivity index (χ1n) is 11.7. The third-order valence-electron chi connectivity index (χ3n) is 5.95. The minimum absolute atomic E-state index is 0.0207. The molecule has 1 aliphatic rings. The van der Waals surface area contributed by atoms with Gasteiger partial charge in [0.15, 0.2) is 5.96 Å². The van der Waals surface area contributed by atoms with Crippen molar-refractivity contribution in [2.24, 2.45) is 4.99 Å². The van der Waals surface area contributed by atoms with Gasteiger partial charge in [0.2, 0.25) is 0 Å². The summed E-state index contributed by atoms with van der Waals surface area (Å²) in [5.41, 5.74) is 2.29. The second kappa shape index (κ2) is 12.3. The number of rotatable bonds is 9. The van der Waals surface area contributed by atoms with Gasteiger partial charge < -0.3 is 15.2 Å². The Bertz CT molecular complexity index is 874. The van der Waals surface area contributed by atoms with Crippen molar-refractivity contribution in [2.45, 2.75) is 58.7 Å². The van der Waals surface area contributed by atoms with Gasteiger partial charge in [0.1, 0.15) is 0 Å². The zero-order valence-electron chi connectivity index (χ0n) is 19.0. The Morgan fingerprint density at radius 1 is 1.06 bits per heavy atom. The Labute approximate surface area is 186 Å². The Kier molecular flexibility index (Phi) is 9.16. The lowest BCUT2D eigenvalue weighted by molar-refractivity contribution is 0.147. The largest absolute Gasteiger partial charge is 0.357 e. The molecule has 1 aromatic heterocycles. The van der Waals surface area contributed by atoms with Crippen molar-refractivity contribution < 1.29 is 0 Å². The number of hydrogen-bond acceptors (Lipinski definition) is 3. The quantitative estimate of drug-likeness (QED) is 0.480. The van der Waals surface area contributed by atoms with E-state index < -0.39 is 0 Å². The predicted molar refractivity (Wildman–Crippen MR) is 129 cm³/mol. The van der Waals surface area contributed by atoms with E-state index in [1.807, 2.05) is 12.3 Å². The van der Waals surface area contributed by atoms with Gasteiger partial charge in [-0.3, -0.25) is 9.69 Å². The van der Waals surface area contributed by atoms with E-state index in [0.29, 0.717) is 13.1 Å². The summed E-state index contributed by atoms with van der Waals surface area (Å²) in [5, 5.41) is 6.84. The first kappa shape index (κ1) is 23.1. The molecule has 0 spiro atoms. The highest BCUT2D eigenvalue weighted by molar-refractivity contribution is 5.79. The molecule has 1 aromatic carbocycles. The molecule has 1 saturated heterocycles. The number of piperidine rings is 1. The lowest BCUT2D eigenvalue weighted by Gasteiger charge is -2.35. The van der Waals surface area contributed by atoms with Crippen LogP contribution in [0.1, 0.15) is 50.7 Å². The van der Waals surface area contributed by atoms with E-state index in [-0.39, 0.29) is 5.56 Å². The number of likely N-dealkylation sites (tertiary alicyclic amines) is 1. The van der Waals surface area contributed by atoms with Crippen LogP contribution in [0.25, 0.3) is 0 Å². The van der Waals surface area contributed by atoms with Gasteiger partial charge in [0.25, 0.3) is 5.56 Å². The van der Waals surface area contributed by atoms with Crippen LogP contribution >= 0.6 is 0 Å².